The third kappa shape index (κ3) is 7.08. The molecule has 7 heteroatoms. The van der Waals surface area contributed by atoms with Crippen molar-refractivity contribution >= 4 is 17.8 Å². The van der Waals surface area contributed by atoms with Crippen molar-refractivity contribution in [2.75, 3.05) is 20.2 Å². The molecule has 1 amide bonds. The first-order valence-corrected chi connectivity index (χ1v) is 7.32. The SMILES string of the molecule is COC(=O)CC[C@@H](NC(=O)CCC1CCCNC1)C(=O)O. The van der Waals surface area contributed by atoms with E-state index in [2.05, 4.69) is 15.4 Å². The molecule has 1 saturated heterocycles. The van der Waals surface area contributed by atoms with E-state index in [1.807, 2.05) is 0 Å². The van der Waals surface area contributed by atoms with Gasteiger partial charge in [-0.1, -0.05) is 0 Å². The highest BCUT2D eigenvalue weighted by molar-refractivity contribution is 5.84. The van der Waals surface area contributed by atoms with Gasteiger partial charge in [0, 0.05) is 12.8 Å². The molecule has 0 saturated carbocycles. The van der Waals surface area contributed by atoms with Crippen molar-refractivity contribution in [2.24, 2.45) is 5.92 Å². The molecule has 0 aromatic carbocycles. The predicted octanol–water partition coefficient (Wildman–Crippen LogP) is 0.289. The molecule has 120 valence electrons. The van der Waals surface area contributed by atoms with Crippen LogP contribution in [0.2, 0.25) is 0 Å². The van der Waals surface area contributed by atoms with Crippen LogP contribution in [0, 0.1) is 5.92 Å². The van der Waals surface area contributed by atoms with Crippen LogP contribution in [-0.4, -0.2) is 49.2 Å². The highest BCUT2D eigenvalue weighted by atomic mass is 16.5. The predicted molar refractivity (Wildman–Crippen MR) is 75.6 cm³/mol. The maximum absolute atomic E-state index is 11.8. The van der Waals surface area contributed by atoms with Gasteiger partial charge in [-0.05, 0) is 44.7 Å². The van der Waals surface area contributed by atoms with Gasteiger partial charge in [-0.3, -0.25) is 9.59 Å². The van der Waals surface area contributed by atoms with Gasteiger partial charge in [0.2, 0.25) is 5.91 Å². The molecule has 1 aliphatic rings. The second-order valence-electron chi connectivity index (χ2n) is 5.32. The second-order valence-corrected chi connectivity index (χ2v) is 5.32. The van der Waals surface area contributed by atoms with Crippen molar-refractivity contribution < 1.29 is 24.2 Å². The summed E-state index contributed by atoms with van der Waals surface area (Å²) in [6, 6.07) is -1.04. The molecular weight excluding hydrogens is 276 g/mol. The number of carbonyl (C=O) groups excluding carboxylic acids is 2. The number of rotatable bonds is 8. The van der Waals surface area contributed by atoms with Gasteiger partial charge in [0.1, 0.15) is 6.04 Å². The van der Waals surface area contributed by atoms with Crippen molar-refractivity contribution in [1.29, 1.82) is 0 Å². The smallest absolute Gasteiger partial charge is 0.326 e. The van der Waals surface area contributed by atoms with E-state index in [0.29, 0.717) is 12.3 Å². The topological polar surface area (TPSA) is 105 Å². The minimum absolute atomic E-state index is 0.0275. The van der Waals surface area contributed by atoms with Gasteiger partial charge < -0.3 is 20.5 Å². The fraction of sp³-hybridized carbons (Fsp3) is 0.786. The van der Waals surface area contributed by atoms with Crippen LogP contribution < -0.4 is 10.6 Å². The first kappa shape index (κ1) is 17.4. The number of amides is 1. The number of methoxy groups -OCH3 is 1. The highest BCUT2D eigenvalue weighted by Crippen LogP contribution is 2.15. The van der Waals surface area contributed by atoms with E-state index in [0.717, 1.165) is 32.4 Å². The summed E-state index contributed by atoms with van der Waals surface area (Å²) in [4.78, 5) is 33.9. The van der Waals surface area contributed by atoms with E-state index in [-0.39, 0.29) is 18.7 Å². The number of carbonyl (C=O) groups is 3. The molecule has 1 aliphatic heterocycles. The van der Waals surface area contributed by atoms with Gasteiger partial charge in [0.05, 0.1) is 7.11 Å². The molecule has 3 N–H and O–H groups in total. The number of piperidine rings is 1. The Hall–Kier alpha value is -1.63. The van der Waals surface area contributed by atoms with E-state index in [9.17, 15) is 14.4 Å². The molecule has 1 heterocycles. The standard InChI is InChI=1S/C14H24N2O5/c1-21-13(18)7-5-11(14(19)20)16-12(17)6-4-10-3-2-8-15-9-10/h10-11,15H,2-9H2,1H3,(H,16,17)(H,19,20)/t10?,11-/m1/s1. The monoisotopic (exact) mass is 300 g/mol. The van der Waals surface area contributed by atoms with Crippen molar-refractivity contribution in [3.63, 3.8) is 0 Å². The van der Waals surface area contributed by atoms with E-state index in [1.54, 1.807) is 0 Å². The summed E-state index contributed by atoms with van der Waals surface area (Å²) in [5.74, 6) is -1.42. The van der Waals surface area contributed by atoms with Crippen LogP contribution in [0.3, 0.4) is 0 Å². The normalized spacial score (nSPS) is 19.6. The van der Waals surface area contributed by atoms with Crippen LogP contribution in [0.5, 0.6) is 0 Å². The summed E-state index contributed by atoms with van der Waals surface area (Å²) in [5.41, 5.74) is 0. The number of aliphatic carboxylic acids is 1. The average Bonchev–Trinajstić information content (AvgIpc) is 2.49. The molecule has 1 unspecified atom stereocenters. The van der Waals surface area contributed by atoms with Crippen LogP contribution in [0.25, 0.3) is 0 Å². The van der Waals surface area contributed by atoms with Crippen molar-refractivity contribution in [3.8, 4) is 0 Å². The Kier molecular flexibility index (Phi) is 7.74. The van der Waals surface area contributed by atoms with Crippen LogP contribution in [0.15, 0.2) is 0 Å². The summed E-state index contributed by atoms with van der Waals surface area (Å²) in [6.45, 7) is 1.94. The first-order valence-electron chi connectivity index (χ1n) is 7.32. The molecule has 0 bridgehead atoms. The van der Waals surface area contributed by atoms with Gasteiger partial charge in [0.25, 0.3) is 0 Å². The molecule has 0 aromatic heterocycles. The zero-order valence-corrected chi connectivity index (χ0v) is 12.4. The summed E-state index contributed by atoms with van der Waals surface area (Å²) in [7, 11) is 1.24. The van der Waals surface area contributed by atoms with Crippen molar-refractivity contribution in [3.05, 3.63) is 0 Å². The molecule has 0 spiro atoms. The Balaban J connectivity index is 2.30. The quantitative estimate of drug-likeness (QED) is 0.556. The van der Waals surface area contributed by atoms with Crippen LogP contribution in [-0.2, 0) is 19.1 Å². The molecule has 7 nitrogen and oxygen atoms in total. The number of carboxylic acids is 1. The Morgan fingerprint density at radius 3 is 2.71 bits per heavy atom. The van der Waals surface area contributed by atoms with E-state index in [4.69, 9.17) is 5.11 Å². The fourth-order valence-corrected chi connectivity index (χ4v) is 2.39. The molecule has 1 rings (SSSR count). The average molecular weight is 300 g/mol. The van der Waals surface area contributed by atoms with E-state index >= 15 is 0 Å². The third-order valence-electron chi connectivity index (χ3n) is 3.68. The van der Waals surface area contributed by atoms with Crippen molar-refractivity contribution in [1.82, 2.24) is 10.6 Å². The van der Waals surface area contributed by atoms with E-state index in [1.165, 1.54) is 7.11 Å². The largest absolute Gasteiger partial charge is 0.480 e. The molecule has 0 aromatic rings. The number of hydrogen-bond donors (Lipinski definition) is 3. The number of hydrogen-bond acceptors (Lipinski definition) is 5. The van der Waals surface area contributed by atoms with Crippen molar-refractivity contribution in [2.45, 2.75) is 44.6 Å². The molecule has 1 fully saturated rings. The van der Waals surface area contributed by atoms with E-state index < -0.39 is 18.0 Å². The molecule has 2 atom stereocenters. The summed E-state index contributed by atoms with van der Waals surface area (Å²) in [5, 5.41) is 14.8. The van der Waals surface area contributed by atoms with Gasteiger partial charge in [0.15, 0.2) is 0 Å². The number of carboxylic acid groups (broad SMARTS) is 1. The highest BCUT2D eigenvalue weighted by Gasteiger charge is 2.22. The third-order valence-corrected chi connectivity index (χ3v) is 3.68. The fourth-order valence-electron chi connectivity index (χ4n) is 2.39. The Bertz CT molecular complexity index is 366. The number of ether oxygens (including phenoxy) is 1. The van der Waals surface area contributed by atoms with Gasteiger partial charge >= 0.3 is 11.9 Å². The lowest BCUT2D eigenvalue weighted by molar-refractivity contribution is -0.144. The maximum atomic E-state index is 11.8. The Morgan fingerprint density at radius 1 is 1.38 bits per heavy atom. The first-order chi connectivity index (χ1) is 10.0. The van der Waals surface area contributed by atoms with Gasteiger partial charge in [-0.2, -0.15) is 0 Å². The Morgan fingerprint density at radius 2 is 2.14 bits per heavy atom. The van der Waals surface area contributed by atoms with Gasteiger partial charge in [-0.25, -0.2) is 4.79 Å². The van der Waals surface area contributed by atoms with Crippen LogP contribution in [0.4, 0.5) is 0 Å². The van der Waals surface area contributed by atoms with Gasteiger partial charge in [-0.15, -0.1) is 0 Å². The molecule has 21 heavy (non-hydrogen) atoms. The minimum atomic E-state index is -1.13. The summed E-state index contributed by atoms with van der Waals surface area (Å²) < 4.78 is 4.46. The molecule has 0 radical (unpaired) electrons. The van der Waals surface area contributed by atoms with Crippen LogP contribution in [0.1, 0.15) is 38.5 Å². The summed E-state index contributed by atoms with van der Waals surface area (Å²) >= 11 is 0. The number of nitrogens with one attached hydrogen (secondary N) is 2. The maximum Gasteiger partial charge on any atom is 0.326 e. The van der Waals surface area contributed by atoms with Crippen LogP contribution >= 0.6 is 0 Å². The molecule has 0 aliphatic carbocycles. The lowest BCUT2D eigenvalue weighted by Crippen LogP contribution is -2.41. The summed E-state index contributed by atoms with van der Waals surface area (Å²) in [6.07, 6.45) is 3.30. The zero-order chi connectivity index (χ0) is 15.7. The Labute approximate surface area is 124 Å². The number of esters is 1. The lowest BCUT2D eigenvalue weighted by Gasteiger charge is -2.22. The lowest BCUT2D eigenvalue weighted by atomic mass is 9.94. The minimum Gasteiger partial charge on any atom is -0.480 e. The zero-order valence-electron chi connectivity index (χ0n) is 12.4. The second kappa shape index (κ2) is 9.33. The molecular formula is C14H24N2O5.